The highest BCUT2D eigenvalue weighted by Gasteiger charge is 2.05. The Morgan fingerprint density at radius 1 is 1.00 bits per heavy atom. The Balaban J connectivity index is 1.80. The molecular formula is C20H25N3O4. The molecule has 144 valence electrons. The SMILES string of the molecule is CCOCCOc1cccc(NC(=O)CNc2ccc(C(=O)NC)cc2)c1. The van der Waals surface area contributed by atoms with Crippen LogP contribution in [0.1, 0.15) is 17.3 Å². The molecule has 27 heavy (non-hydrogen) atoms. The van der Waals surface area contributed by atoms with Crippen LogP contribution in [0.2, 0.25) is 0 Å². The largest absolute Gasteiger partial charge is 0.491 e. The number of benzene rings is 2. The first kappa shape index (κ1) is 20.3. The molecule has 0 spiro atoms. The standard InChI is InChI=1S/C20H25N3O4/c1-3-26-11-12-27-18-6-4-5-17(13-18)23-19(24)14-22-16-9-7-15(8-10-16)20(25)21-2/h4-10,13,22H,3,11-12,14H2,1-2H3,(H,21,25)(H,23,24). The van der Waals surface area contributed by atoms with Gasteiger partial charge in [0.05, 0.1) is 13.2 Å². The number of amides is 2. The Kier molecular flexibility index (Phi) is 8.12. The summed E-state index contributed by atoms with van der Waals surface area (Å²) in [4.78, 5) is 23.6. The summed E-state index contributed by atoms with van der Waals surface area (Å²) in [6.07, 6.45) is 0. The summed E-state index contributed by atoms with van der Waals surface area (Å²) in [6, 6.07) is 14.1. The van der Waals surface area contributed by atoms with Gasteiger partial charge >= 0.3 is 0 Å². The third-order valence-electron chi connectivity index (χ3n) is 3.65. The van der Waals surface area contributed by atoms with E-state index in [0.717, 1.165) is 5.69 Å². The van der Waals surface area contributed by atoms with Crippen molar-refractivity contribution in [1.82, 2.24) is 5.32 Å². The van der Waals surface area contributed by atoms with Gasteiger partial charge in [-0.2, -0.15) is 0 Å². The monoisotopic (exact) mass is 371 g/mol. The van der Waals surface area contributed by atoms with E-state index in [0.29, 0.717) is 36.8 Å². The van der Waals surface area contributed by atoms with Crippen LogP contribution in [0.3, 0.4) is 0 Å². The number of carbonyl (C=O) groups excluding carboxylic acids is 2. The molecule has 0 heterocycles. The summed E-state index contributed by atoms with van der Waals surface area (Å²) >= 11 is 0. The van der Waals surface area contributed by atoms with Crippen LogP contribution in [0.4, 0.5) is 11.4 Å². The van der Waals surface area contributed by atoms with Crippen LogP contribution in [0, 0.1) is 0 Å². The molecule has 2 aromatic carbocycles. The number of ether oxygens (including phenoxy) is 2. The first-order valence-corrected chi connectivity index (χ1v) is 8.79. The molecule has 0 saturated carbocycles. The number of hydrogen-bond acceptors (Lipinski definition) is 5. The highest BCUT2D eigenvalue weighted by atomic mass is 16.5. The first-order chi connectivity index (χ1) is 13.1. The molecule has 0 atom stereocenters. The number of anilines is 2. The number of carbonyl (C=O) groups is 2. The van der Waals surface area contributed by atoms with Crippen molar-refractivity contribution in [1.29, 1.82) is 0 Å². The highest BCUT2D eigenvalue weighted by molar-refractivity contribution is 5.95. The number of hydrogen-bond donors (Lipinski definition) is 3. The molecule has 7 heteroatoms. The van der Waals surface area contributed by atoms with Gasteiger partial charge < -0.3 is 25.4 Å². The molecule has 7 nitrogen and oxygen atoms in total. The molecule has 0 bridgehead atoms. The summed E-state index contributed by atoms with van der Waals surface area (Å²) in [7, 11) is 1.58. The van der Waals surface area contributed by atoms with Gasteiger partial charge in [-0.05, 0) is 43.3 Å². The second-order valence-electron chi connectivity index (χ2n) is 5.63. The zero-order valence-electron chi connectivity index (χ0n) is 15.6. The van der Waals surface area contributed by atoms with Crippen molar-refractivity contribution < 1.29 is 19.1 Å². The van der Waals surface area contributed by atoms with Crippen molar-refractivity contribution in [2.75, 3.05) is 44.0 Å². The molecule has 0 aliphatic heterocycles. The van der Waals surface area contributed by atoms with E-state index in [-0.39, 0.29) is 18.4 Å². The minimum atomic E-state index is -0.183. The second kappa shape index (κ2) is 10.8. The smallest absolute Gasteiger partial charge is 0.251 e. The van der Waals surface area contributed by atoms with Gasteiger partial charge in [-0.3, -0.25) is 9.59 Å². The van der Waals surface area contributed by atoms with E-state index in [9.17, 15) is 9.59 Å². The van der Waals surface area contributed by atoms with Crippen LogP contribution in [-0.2, 0) is 9.53 Å². The van der Waals surface area contributed by atoms with Crippen LogP contribution in [0.15, 0.2) is 48.5 Å². The van der Waals surface area contributed by atoms with Crippen molar-refractivity contribution in [2.45, 2.75) is 6.92 Å². The Hall–Kier alpha value is -3.06. The highest BCUT2D eigenvalue weighted by Crippen LogP contribution is 2.17. The fraction of sp³-hybridized carbons (Fsp3) is 0.300. The van der Waals surface area contributed by atoms with Crippen LogP contribution >= 0.6 is 0 Å². The predicted molar refractivity (Wildman–Crippen MR) is 105 cm³/mol. The van der Waals surface area contributed by atoms with Crippen molar-refractivity contribution in [3.05, 3.63) is 54.1 Å². The molecule has 0 radical (unpaired) electrons. The lowest BCUT2D eigenvalue weighted by Gasteiger charge is -2.10. The molecule has 2 aromatic rings. The normalized spacial score (nSPS) is 10.1. The summed E-state index contributed by atoms with van der Waals surface area (Å²) in [5.74, 6) is 0.338. The lowest BCUT2D eigenvalue weighted by molar-refractivity contribution is -0.114. The molecule has 0 saturated heterocycles. The van der Waals surface area contributed by atoms with Crippen molar-refractivity contribution >= 4 is 23.2 Å². The third kappa shape index (κ3) is 6.99. The molecular weight excluding hydrogens is 346 g/mol. The van der Waals surface area contributed by atoms with Gasteiger partial charge in [-0.1, -0.05) is 6.07 Å². The van der Waals surface area contributed by atoms with Crippen LogP contribution in [0.5, 0.6) is 5.75 Å². The molecule has 0 unspecified atom stereocenters. The van der Waals surface area contributed by atoms with E-state index in [1.165, 1.54) is 0 Å². The molecule has 2 amide bonds. The Morgan fingerprint density at radius 3 is 2.48 bits per heavy atom. The van der Waals surface area contributed by atoms with Gasteiger partial charge in [-0.25, -0.2) is 0 Å². The average Bonchev–Trinajstić information content (AvgIpc) is 2.70. The van der Waals surface area contributed by atoms with Gasteiger partial charge in [0.1, 0.15) is 12.4 Å². The molecule has 0 aliphatic carbocycles. The number of rotatable bonds is 10. The zero-order valence-corrected chi connectivity index (χ0v) is 15.6. The van der Waals surface area contributed by atoms with Crippen LogP contribution in [-0.4, -0.2) is 45.2 Å². The summed E-state index contributed by atoms with van der Waals surface area (Å²) in [6.45, 7) is 3.67. The minimum absolute atomic E-state index is 0.106. The van der Waals surface area contributed by atoms with Crippen LogP contribution < -0.4 is 20.7 Å². The Morgan fingerprint density at radius 2 is 1.78 bits per heavy atom. The van der Waals surface area contributed by atoms with E-state index >= 15 is 0 Å². The van der Waals surface area contributed by atoms with Crippen LogP contribution in [0.25, 0.3) is 0 Å². The number of nitrogens with one attached hydrogen (secondary N) is 3. The molecule has 0 fully saturated rings. The van der Waals surface area contributed by atoms with E-state index in [1.54, 1.807) is 43.4 Å². The fourth-order valence-electron chi connectivity index (χ4n) is 2.30. The predicted octanol–water partition coefficient (Wildman–Crippen LogP) is 2.51. The van der Waals surface area contributed by atoms with Gasteiger partial charge in [0.2, 0.25) is 5.91 Å². The Labute approximate surface area is 159 Å². The van der Waals surface area contributed by atoms with E-state index in [4.69, 9.17) is 9.47 Å². The topological polar surface area (TPSA) is 88.7 Å². The second-order valence-corrected chi connectivity index (χ2v) is 5.63. The molecule has 3 N–H and O–H groups in total. The summed E-state index contributed by atoms with van der Waals surface area (Å²) in [5.41, 5.74) is 1.98. The van der Waals surface area contributed by atoms with Gasteiger partial charge in [0.25, 0.3) is 5.91 Å². The maximum Gasteiger partial charge on any atom is 0.251 e. The molecule has 2 rings (SSSR count). The lowest BCUT2D eigenvalue weighted by Crippen LogP contribution is -2.22. The lowest BCUT2D eigenvalue weighted by atomic mass is 10.2. The quantitative estimate of drug-likeness (QED) is 0.559. The summed E-state index contributed by atoms with van der Waals surface area (Å²) < 4.78 is 10.8. The maximum atomic E-state index is 12.1. The molecule has 0 aliphatic rings. The van der Waals surface area contributed by atoms with E-state index in [2.05, 4.69) is 16.0 Å². The first-order valence-electron chi connectivity index (χ1n) is 8.79. The van der Waals surface area contributed by atoms with Gasteiger partial charge in [-0.15, -0.1) is 0 Å². The zero-order chi connectivity index (χ0) is 19.5. The minimum Gasteiger partial charge on any atom is -0.491 e. The van der Waals surface area contributed by atoms with E-state index in [1.807, 2.05) is 19.1 Å². The third-order valence-corrected chi connectivity index (χ3v) is 3.65. The Bertz CT molecular complexity index is 747. The fourth-order valence-corrected chi connectivity index (χ4v) is 2.30. The molecule has 0 aromatic heterocycles. The van der Waals surface area contributed by atoms with Crippen molar-refractivity contribution in [3.8, 4) is 5.75 Å². The van der Waals surface area contributed by atoms with E-state index < -0.39 is 0 Å². The maximum absolute atomic E-state index is 12.1. The average molecular weight is 371 g/mol. The van der Waals surface area contributed by atoms with Gasteiger partial charge in [0.15, 0.2) is 0 Å². The summed E-state index contributed by atoms with van der Waals surface area (Å²) in [5, 5.41) is 8.40. The van der Waals surface area contributed by atoms with Crippen molar-refractivity contribution in [2.24, 2.45) is 0 Å². The van der Waals surface area contributed by atoms with Gasteiger partial charge in [0, 0.05) is 36.7 Å². The van der Waals surface area contributed by atoms with Crippen molar-refractivity contribution in [3.63, 3.8) is 0 Å².